The van der Waals surface area contributed by atoms with Gasteiger partial charge in [0.2, 0.25) is 0 Å². The van der Waals surface area contributed by atoms with Gasteiger partial charge in [-0.05, 0) is 36.5 Å². The summed E-state index contributed by atoms with van der Waals surface area (Å²) in [4.78, 5) is 4.31. The van der Waals surface area contributed by atoms with Crippen LogP contribution in [0, 0.1) is 5.41 Å². The molecule has 2 nitrogen and oxygen atoms in total. The Balaban J connectivity index is 2.05. The molecular formula is C17H21NO. The quantitative estimate of drug-likeness (QED) is 0.834. The van der Waals surface area contributed by atoms with Crippen LogP contribution in [-0.2, 0) is 5.60 Å². The second-order valence-electron chi connectivity index (χ2n) is 6.60. The monoisotopic (exact) mass is 255 g/mol. The number of hydrogen-bond donors (Lipinski definition) is 1. The lowest BCUT2D eigenvalue weighted by molar-refractivity contribution is -0.0296. The normalized spacial score (nSPS) is 21.4. The first-order valence-corrected chi connectivity index (χ1v) is 7.06. The molecule has 19 heavy (non-hydrogen) atoms. The average Bonchev–Trinajstić information content (AvgIpc) is 2.42. The summed E-state index contributed by atoms with van der Waals surface area (Å²) in [6.07, 6.45) is 7.50. The molecule has 1 aromatic carbocycles. The molecule has 0 radical (unpaired) electrons. The van der Waals surface area contributed by atoms with Crippen molar-refractivity contribution in [3.8, 4) is 0 Å². The summed E-state index contributed by atoms with van der Waals surface area (Å²) in [5.41, 5.74) is 0.647. The van der Waals surface area contributed by atoms with E-state index in [9.17, 15) is 5.11 Å². The maximum absolute atomic E-state index is 11.0. The van der Waals surface area contributed by atoms with Crippen LogP contribution in [-0.4, -0.2) is 10.1 Å². The van der Waals surface area contributed by atoms with Crippen molar-refractivity contribution in [3.63, 3.8) is 0 Å². The number of nitrogens with zero attached hydrogens (tertiary/aromatic N) is 1. The van der Waals surface area contributed by atoms with Gasteiger partial charge in [-0.25, -0.2) is 0 Å². The van der Waals surface area contributed by atoms with Gasteiger partial charge < -0.3 is 5.11 Å². The Hall–Kier alpha value is -1.41. The molecule has 1 saturated carbocycles. The number of aliphatic hydroxyl groups is 1. The highest BCUT2D eigenvalue weighted by Gasteiger charge is 2.38. The van der Waals surface area contributed by atoms with Crippen molar-refractivity contribution in [2.45, 2.75) is 45.1 Å². The number of fused-ring (bicyclic) bond motifs is 1. The molecule has 0 amide bonds. The van der Waals surface area contributed by atoms with E-state index >= 15 is 0 Å². The molecule has 1 N–H and O–H groups in total. The molecule has 0 atom stereocenters. The first-order chi connectivity index (χ1) is 9.00. The highest BCUT2D eigenvalue weighted by Crippen LogP contribution is 2.46. The molecule has 3 rings (SSSR count). The minimum absolute atomic E-state index is 0.351. The third kappa shape index (κ3) is 2.25. The topological polar surface area (TPSA) is 33.1 Å². The number of hydrogen-bond acceptors (Lipinski definition) is 2. The molecule has 2 heteroatoms. The molecule has 100 valence electrons. The summed E-state index contributed by atoms with van der Waals surface area (Å²) >= 11 is 0. The van der Waals surface area contributed by atoms with Gasteiger partial charge in [0.1, 0.15) is 0 Å². The molecule has 0 aliphatic heterocycles. The van der Waals surface area contributed by atoms with Gasteiger partial charge in [-0.15, -0.1) is 0 Å². The fraction of sp³-hybridized carbons (Fsp3) is 0.471. The fourth-order valence-electron chi connectivity index (χ4n) is 3.10. The molecule has 0 bridgehead atoms. The Kier molecular flexibility index (Phi) is 2.86. The molecule has 1 fully saturated rings. The van der Waals surface area contributed by atoms with Gasteiger partial charge in [0, 0.05) is 23.3 Å². The maximum Gasteiger partial charge on any atom is 0.0917 e. The second-order valence-corrected chi connectivity index (χ2v) is 6.60. The van der Waals surface area contributed by atoms with Crippen LogP contribution in [0.4, 0.5) is 0 Å². The molecule has 0 unspecified atom stereocenters. The standard InChI is InChI=1S/C17H21NO/c1-16(2)7-9-17(19,10-8-16)15-12-18-11-13-5-3-4-6-14(13)15/h3-6,11-12,19H,7-10H2,1-2H3. The zero-order chi connectivity index (χ0) is 13.5. The highest BCUT2D eigenvalue weighted by atomic mass is 16.3. The first kappa shape index (κ1) is 12.6. The Morgan fingerprint density at radius 1 is 1.00 bits per heavy atom. The van der Waals surface area contributed by atoms with Gasteiger partial charge in [0.05, 0.1) is 5.60 Å². The van der Waals surface area contributed by atoms with Crippen LogP contribution in [0.3, 0.4) is 0 Å². The average molecular weight is 255 g/mol. The lowest BCUT2D eigenvalue weighted by atomic mass is 9.68. The summed E-state index contributed by atoms with van der Waals surface area (Å²) in [7, 11) is 0. The van der Waals surface area contributed by atoms with Crippen molar-refractivity contribution in [3.05, 3.63) is 42.2 Å². The van der Waals surface area contributed by atoms with Gasteiger partial charge >= 0.3 is 0 Å². The van der Waals surface area contributed by atoms with Gasteiger partial charge in [0.25, 0.3) is 0 Å². The minimum Gasteiger partial charge on any atom is -0.385 e. The SMILES string of the molecule is CC1(C)CCC(O)(c2cncc3ccccc23)CC1. The van der Waals surface area contributed by atoms with E-state index in [1.54, 1.807) is 0 Å². The molecule has 1 heterocycles. The van der Waals surface area contributed by atoms with E-state index in [1.165, 1.54) is 0 Å². The van der Waals surface area contributed by atoms with Crippen LogP contribution in [0.2, 0.25) is 0 Å². The zero-order valence-electron chi connectivity index (χ0n) is 11.7. The second kappa shape index (κ2) is 4.31. The third-order valence-corrected chi connectivity index (χ3v) is 4.60. The Bertz CT molecular complexity index is 588. The van der Waals surface area contributed by atoms with Crippen LogP contribution >= 0.6 is 0 Å². The number of benzene rings is 1. The lowest BCUT2D eigenvalue weighted by Crippen LogP contribution is -2.34. The number of aromatic nitrogens is 1. The first-order valence-electron chi connectivity index (χ1n) is 7.06. The van der Waals surface area contributed by atoms with Gasteiger partial charge in [0.15, 0.2) is 0 Å². The van der Waals surface area contributed by atoms with E-state index in [0.717, 1.165) is 42.0 Å². The molecule has 1 aliphatic rings. The van der Waals surface area contributed by atoms with Crippen LogP contribution < -0.4 is 0 Å². The van der Waals surface area contributed by atoms with E-state index in [2.05, 4.69) is 31.0 Å². The smallest absolute Gasteiger partial charge is 0.0917 e. The van der Waals surface area contributed by atoms with E-state index in [1.807, 2.05) is 24.5 Å². The van der Waals surface area contributed by atoms with Crippen molar-refractivity contribution in [2.24, 2.45) is 5.41 Å². The van der Waals surface area contributed by atoms with E-state index < -0.39 is 5.60 Å². The molecule has 2 aromatic rings. The van der Waals surface area contributed by atoms with Gasteiger partial charge in [-0.2, -0.15) is 0 Å². The minimum atomic E-state index is -0.705. The molecular weight excluding hydrogens is 234 g/mol. The van der Waals surface area contributed by atoms with Crippen LogP contribution in [0.1, 0.15) is 45.1 Å². The largest absolute Gasteiger partial charge is 0.385 e. The number of pyridine rings is 1. The summed E-state index contributed by atoms with van der Waals surface area (Å²) in [5, 5.41) is 13.3. The Morgan fingerprint density at radius 3 is 2.42 bits per heavy atom. The van der Waals surface area contributed by atoms with Crippen molar-refractivity contribution in [1.82, 2.24) is 4.98 Å². The molecule has 1 aliphatic carbocycles. The van der Waals surface area contributed by atoms with Crippen molar-refractivity contribution in [1.29, 1.82) is 0 Å². The zero-order valence-corrected chi connectivity index (χ0v) is 11.7. The third-order valence-electron chi connectivity index (χ3n) is 4.60. The summed E-state index contributed by atoms with van der Waals surface area (Å²) in [5.74, 6) is 0. The molecule has 0 saturated heterocycles. The maximum atomic E-state index is 11.0. The van der Waals surface area contributed by atoms with Gasteiger partial charge in [-0.1, -0.05) is 38.1 Å². The Labute approximate surface area is 114 Å². The summed E-state index contributed by atoms with van der Waals surface area (Å²) < 4.78 is 0. The predicted molar refractivity (Wildman–Crippen MR) is 77.9 cm³/mol. The predicted octanol–water partition coefficient (Wildman–Crippen LogP) is 4.02. The van der Waals surface area contributed by atoms with Crippen molar-refractivity contribution in [2.75, 3.05) is 0 Å². The Morgan fingerprint density at radius 2 is 1.68 bits per heavy atom. The number of rotatable bonds is 1. The highest BCUT2D eigenvalue weighted by molar-refractivity contribution is 5.85. The van der Waals surface area contributed by atoms with Crippen molar-refractivity contribution < 1.29 is 5.11 Å². The molecule has 1 aromatic heterocycles. The summed E-state index contributed by atoms with van der Waals surface area (Å²) in [6.45, 7) is 4.57. The summed E-state index contributed by atoms with van der Waals surface area (Å²) in [6, 6.07) is 8.19. The fourth-order valence-corrected chi connectivity index (χ4v) is 3.10. The van der Waals surface area contributed by atoms with Crippen LogP contribution in [0.15, 0.2) is 36.7 Å². The van der Waals surface area contributed by atoms with Crippen molar-refractivity contribution >= 4 is 10.8 Å². The van der Waals surface area contributed by atoms with Gasteiger partial charge in [-0.3, -0.25) is 4.98 Å². The van der Waals surface area contributed by atoms with E-state index in [4.69, 9.17) is 0 Å². The van der Waals surface area contributed by atoms with E-state index in [0.29, 0.717) is 5.41 Å². The lowest BCUT2D eigenvalue weighted by Gasteiger charge is -2.40. The van der Waals surface area contributed by atoms with E-state index in [-0.39, 0.29) is 0 Å². The van der Waals surface area contributed by atoms with Crippen LogP contribution in [0.5, 0.6) is 0 Å². The molecule has 0 spiro atoms. The van der Waals surface area contributed by atoms with Crippen LogP contribution in [0.25, 0.3) is 10.8 Å².